The third-order valence-corrected chi connectivity index (χ3v) is 6.74. The number of amides is 2. The van der Waals surface area contributed by atoms with E-state index in [0.717, 1.165) is 31.2 Å². The molecule has 0 bridgehead atoms. The number of hydrogen-bond donors (Lipinski definition) is 2. The van der Waals surface area contributed by atoms with Crippen LogP contribution in [-0.4, -0.2) is 34.8 Å². The summed E-state index contributed by atoms with van der Waals surface area (Å²) in [6.07, 6.45) is 2.51. The molecule has 0 unspecified atom stereocenters. The second kappa shape index (κ2) is 9.51. The molecule has 156 valence electrons. The number of nitrogens with one attached hydrogen (secondary N) is 2. The van der Waals surface area contributed by atoms with E-state index in [0.29, 0.717) is 21.3 Å². The summed E-state index contributed by atoms with van der Waals surface area (Å²) >= 11 is 2.78. The van der Waals surface area contributed by atoms with Crippen LogP contribution in [0.3, 0.4) is 0 Å². The zero-order chi connectivity index (χ0) is 20.9. The fourth-order valence-corrected chi connectivity index (χ4v) is 4.96. The highest BCUT2D eigenvalue weighted by Crippen LogP contribution is 2.23. The number of aromatic nitrogens is 1. The van der Waals surface area contributed by atoms with Crippen molar-refractivity contribution in [3.63, 3.8) is 0 Å². The summed E-state index contributed by atoms with van der Waals surface area (Å²) in [6, 6.07) is 10.6. The van der Waals surface area contributed by atoms with Crippen molar-refractivity contribution in [1.29, 1.82) is 0 Å². The molecule has 1 atom stereocenters. The fraction of sp³-hybridized carbons (Fsp3) is 0.318. The predicted octanol–water partition coefficient (Wildman–Crippen LogP) is 4.94. The van der Waals surface area contributed by atoms with Gasteiger partial charge >= 0.3 is 0 Å². The van der Waals surface area contributed by atoms with E-state index in [1.54, 1.807) is 30.3 Å². The van der Waals surface area contributed by atoms with Gasteiger partial charge in [-0.15, -0.1) is 22.7 Å². The number of anilines is 2. The van der Waals surface area contributed by atoms with Gasteiger partial charge in [0.05, 0.1) is 21.8 Å². The number of piperidine rings is 1. The topological polar surface area (TPSA) is 74.3 Å². The van der Waals surface area contributed by atoms with Crippen LogP contribution in [0.1, 0.15) is 45.5 Å². The molecule has 4 rings (SSSR count). The van der Waals surface area contributed by atoms with Crippen LogP contribution >= 0.6 is 22.7 Å². The third-order valence-electron chi connectivity index (χ3n) is 5.06. The van der Waals surface area contributed by atoms with Crippen molar-refractivity contribution in [3.05, 3.63) is 63.3 Å². The van der Waals surface area contributed by atoms with Crippen LogP contribution in [0.4, 0.5) is 10.8 Å². The summed E-state index contributed by atoms with van der Waals surface area (Å²) in [5, 5.41) is 10.1. The molecule has 1 aliphatic heterocycles. The summed E-state index contributed by atoms with van der Waals surface area (Å²) in [5.41, 5.74) is 1.86. The lowest BCUT2D eigenvalue weighted by Crippen LogP contribution is -2.33. The van der Waals surface area contributed by atoms with Crippen LogP contribution in [0.25, 0.3) is 0 Å². The Morgan fingerprint density at radius 1 is 1.13 bits per heavy atom. The first-order valence-electron chi connectivity index (χ1n) is 10.0. The van der Waals surface area contributed by atoms with E-state index < -0.39 is 0 Å². The summed E-state index contributed by atoms with van der Waals surface area (Å²) in [4.78, 5) is 32.8. The molecular weight excluding hydrogens is 416 g/mol. The Hall–Kier alpha value is -2.55. The number of thiazole rings is 1. The molecule has 0 aliphatic carbocycles. The van der Waals surface area contributed by atoms with Crippen molar-refractivity contribution in [2.75, 3.05) is 23.7 Å². The van der Waals surface area contributed by atoms with E-state index in [1.807, 2.05) is 16.8 Å². The average molecular weight is 441 g/mol. The Morgan fingerprint density at radius 3 is 2.80 bits per heavy atom. The molecule has 8 heteroatoms. The predicted molar refractivity (Wildman–Crippen MR) is 122 cm³/mol. The van der Waals surface area contributed by atoms with Crippen molar-refractivity contribution < 1.29 is 9.59 Å². The smallest absolute Gasteiger partial charge is 0.265 e. The first-order valence-corrected chi connectivity index (χ1v) is 11.8. The van der Waals surface area contributed by atoms with E-state index >= 15 is 0 Å². The van der Waals surface area contributed by atoms with Crippen molar-refractivity contribution in [2.24, 2.45) is 5.92 Å². The second-order valence-corrected chi connectivity index (χ2v) is 9.36. The van der Waals surface area contributed by atoms with Gasteiger partial charge in [0.25, 0.3) is 11.8 Å². The third kappa shape index (κ3) is 5.13. The SMILES string of the molecule is C[C@H]1CCCN(Cc2csc(NC(=O)c3ccccc3NC(=O)c3cccs3)n2)C1. The molecule has 2 N–H and O–H groups in total. The first-order chi connectivity index (χ1) is 14.6. The van der Waals surface area contributed by atoms with E-state index in [2.05, 4.69) is 27.4 Å². The molecular formula is C22H24N4O2S2. The summed E-state index contributed by atoms with van der Waals surface area (Å²) in [6.45, 7) is 5.29. The van der Waals surface area contributed by atoms with Crippen LogP contribution in [0, 0.1) is 5.92 Å². The quantitative estimate of drug-likeness (QED) is 0.569. The monoisotopic (exact) mass is 440 g/mol. The number of para-hydroxylation sites is 1. The molecule has 0 spiro atoms. The van der Waals surface area contributed by atoms with Crippen molar-refractivity contribution in [1.82, 2.24) is 9.88 Å². The Bertz CT molecular complexity index is 1020. The Kier molecular flexibility index (Phi) is 6.56. The summed E-state index contributed by atoms with van der Waals surface area (Å²) in [7, 11) is 0. The van der Waals surface area contributed by atoms with Crippen molar-refractivity contribution in [2.45, 2.75) is 26.3 Å². The van der Waals surface area contributed by atoms with E-state index in [1.165, 1.54) is 35.5 Å². The molecule has 6 nitrogen and oxygen atoms in total. The van der Waals surface area contributed by atoms with Gasteiger partial charge in [0, 0.05) is 18.5 Å². The highest BCUT2D eigenvalue weighted by molar-refractivity contribution is 7.14. The molecule has 0 saturated carbocycles. The number of nitrogens with zero attached hydrogens (tertiary/aromatic N) is 2. The maximum Gasteiger partial charge on any atom is 0.265 e. The largest absolute Gasteiger partial charge is 0.321 e. The number of hydrogen-bond acceptors (Lipinski definition) is 6. The van der Waals surface area contributed by atoms with Crippen LogP contribution < -0.4 is 10.6 Å². The lowest BCUT2D eigenvalue weighted by Gasteiger charge is -2.30. The van der Waals surface area contributed by atoms with Gasteiger partial charge in [-0.2, -0.15) is 0 Å². The second-order valence-electron chi connectivity index (χ2n) is 7.56. The standard InChI is InChI=1S/C22H24N4O2S2/c1-15-6-4-10-26(12-15)13-16-14-30-22(23-16)25-20(27)17-7-2-3-8-18(17)24-21(28)19-9-5-11-29-19/h2-3,5,7-9,11,14-15H,4,6,10,12-13H2,1H3,(H,24,28)(H,23,25,27)/t15-/m0/s1. The number of benzene rings is 1. The first kappa shape index (κ1) is 20.7. The lowest BCUT2D eigenvalue weighted by atomic mass is 10.0. The van der Waals surface area contributed by atoms with E-state index in [-0.39, 0.29) is 11.8 Å². The zero-order valence-electron chi connectivity index (χ0n) is 16.8. The van der Waals surface area contributed by atoms with Gasteiger partial charge < -0.3 is 5.32 Å². The van der Waals surface area contributed by atoms with Crippen LogP contribution in [0.2, 0.25) is 0 Å². The molecule has 2 amide bonds. The minimum Gasteiger partial charge on any atom is -0.321 e. The number of carbonyl (C=O) groups is 2. The van der Waals surface area contributed by atoms with Crippen LogP contribution in [-0.2, 0) is 6.54 Å². The minimum atomic E-state index is -0.287. The van der Waals surface area contributed by atoms with Crippen LogP contribution in [0.15, 0.2) is 47.2 Å². The van der Waals surface area contributed by atoms with Gasteiger partial charge in [-0.25, -0.2) is 4.98 Å². The Labute approximate surface area is 184 Å². The van der Waals surface area contributed by atoms with Gasteiger partial charge in [0.1, 0.15) is 0 Å². The van der Waals surface area contributed by atoms with Gasteiger partial charge in [0.15, 0.2) is 5.13 Å². The maximum atomic E-state index is 12.8. The maximum absolute atomic E-state index is 12.8. The van der Waals surface area contributed by atoms with E-state index in [9.17, 15) is 9.59 Å². The number of likely N-dealkylation sites (tertiary alicyclic amines) is 1. The number of carbonyl (C=O) groups excluding carboxylic acids is 2. The Morgan fingerprint density at radius 2 is 2.00 bits per heavy atom. The van der Waals surface area contributed by atoms with Gasteiger partial charge in [0.2, 0.25) is 0 Å². The van der Waals surface area contributed by atoms with Crippen LogP contribution in [0.5, 0.6) is 0 Å². The number of rotatable bonds is 6. The zero-order valence-corrected chi connectivity index (χ0v) is 18.4. The van der Waals surface area contributed by atoms with Gasteiger partial charge in [-0.3, -0.25) is 19.8 Å². The number of thiophene rings is 1. The highest BCUT2D eigenvalue weighted by Gasteiger charge is 2.19. The normalized spacial score (nSPS) is 16.9. The minimum absolute atomic E-state index is 0.224. The highest BCUT2D eigenvalue weighted by atomic mass is 32.1. The molecule has 1 saturated heterocycles. The molecule has 1 aliphatic rings. The molecule has 3 aromatic rings. The fourth-order valence-electron chi connectivity index (χ4n) is 3.64. The lowest BCUT2D eigenvalue weighted by molar-refractivity contribution is 0.102. The van der Waals surface area contributed by atoms with Gasteiger partial charge in [-0.05, 0) is 48.9 Å². The molecule has 30 heavy (non-hydrogen) atoms. The molecule has 1 fully saturated rings. The van der Waals surface area contributed by atoms with Crippen molar-refractivity contribution >= 4 is 45.3 Å². The molecule has 0 radical (unpaired) electrons. The molecule has 1 aromatic carbocycles. The van der Waals surface area contributed by atoms with Crippen molar-refractivity contribution in [3.8, 4) is 0 Å². The average Bonchev–Trinajstić information content (AvgIpc) is 3.41. The molecule has 2 aromatic heterocycles. The van der Waals surface area contributed by atoms with Gasteiger partial charge in [-0.1, -0.05) is 25.1 Å². The van der Waals surface area contributed by atoms with E-state index in [4.69, 9.17) is 0 Å². The summed E-state index contributed by atoms with van der Waals surface area (Å²) < 4.78 is 0. The molecule has 3 heterocycles. The summed E-state index contributed by atoms with van der Waals surface area (Å²) in [5.74, 6) is 0.208. The Balaban J connectivity index is 1.41.